The largest absolute Gasteiger partial charge is 0.395 e. The summed E-state index contributed by atoms with van der Waals surface area (Å²) in [5.41, 5.74) is -0.831. The average molecular weight is 300 g/mol. The fourth-order valence-electron chi connectivity index (χ4n) is 1.33. The Bertz CT molecular complexity index is 402. The summed E-state index contributed by atoms with van der Waals surface area (Å²) in [5.74, 6) is -4.16. The summed E-state index contributed by atoms with van der Waals surface area (Å²) in [5, 5.41) is 19.8. The molecule has 0 aliphatic rings. The number of hydrogen-bond acceptors (Lipinski definition) is 6. The van der Waals surface area contributed by atoms with Crippen molar-refractivity contribution in [2.75, 3.05) is 0 Å². The van der Waals surface area contributed by atoms with Gasteiger partial charge >= 0.3 is 17.9 Å². The Kier molecular flexibility index (Phi) is 6.79. The summed E-state index contributed by atoms with van der Waals surface area (Å²) in [4.78, 5) is 23.0. The van der Waals surface area contributed by atoms with Gasteiger partial charge in [-0.05, 0) is 40.5 Å². The maximum atomic E-state index is 11.5. The van der Waals surface area contributed by atoms with Crippen molar-refractivity contribution in [3.8, 4) is 0 Å². The molecule has 0 aromatic heterocycles. The van der Waals surface area contributed by atoms with Gasteiger partial charge in [-0.1, -0.05) is 13.2 Å². The fourth-order valence-corrected chi connectivity index (χ4v) is 1.33. The predicted octanol–water partition coefficient (Wildman–Crippen LogP) is 1.81. The van der Waals surface area contributed by atoms with Gasteiger partial charge in [0.2, 0.25) is 0 Å². The van der Waals surface area contributed by atoms with Gasteiger partial charge in [0.1, 0.15) is 0 Å². The molecule has 0 bridgehead atoms. The van der Waals surface area contributed by atoms with Gasteiger partial charge in [0.05, 0.1) is 12.0 Å². The van der Waals surface area contributed by atoms with E-state index in [4.69, 9.17) is 9.47 Å². The van der Waals surface area contributed by atoms with Crippen LogP contribution >= 0.6 is 0 Å². The van der Waals surface area contributed by atoms with Crippen LogP contribution in [0.5, 0.6) is 0 Å². The second-order valence-electron chi connectivity index (χ2n) is 5.72. The Hall–Kier alpha value is -1.66. The zero-order valence-electron chi connectivity index (χ0n) is 13.1. The highest BCUT2D eigenvalue weighted by Gasteiger charge is 2.37. The molecule has 120 valence electrons. The van der Waals surface area contributed by atoms with Gasteiger partial charge in [-0.15, -0.1) is 0 Å². The number of rotatable bonds is 8. The van der Waals surface area contributed by atoms with Gasteiger partial charge in [0, 0.05) is 11.1 Å². The maximum Gasteiger partial charge on any atom is 0.373 e. The van der Waals surface area contributed by atoms with E-state index in [-0.39, 0.29) is 24.0 Å². The second-order valence-corrected chi connectivity index (χ2v) is 5.72. The minimum Gasteiger partial charge on any atom is -0.395 e. The van der Waals surface area contributed by atoms with E-state index in [1.165, 1.54) is 13.8 Å². The zero-order valence-corrected chi connectivity index (χ0v) is 13.1. The second kappa shape index (κ2) is 7.38. The Labute approximate surface area is 125 Å². The molecule has 0 spiro atoms. The Morgan fingerprint density at radius 3 is 1.62 bits per heavy atom. The molecule has 0 unspecified atom stereocenters. The van der Waals surface area contributed by atoms with Crippen LogP contribution in [0.15, 0.2) is 24.3 Å². The SMILES string of the molecule is C=C(C)C(=O)OC(O)(CCCC(C)(C)O)OC(=O)C(=C)C. The lowest BCUT2D eigenvalue weighted by molar-refractivity contribution is -0.325. The summed E-state index contributed by atoms with van der Waals surface area (Å²) in [6, 6.07) is 0. The van der Waals surface area contributed by atoms with Crippen molar-refractivity contribution in [2.45, 2.75) is 58.5 Å². The molecule has 0 rings (SSSR count). The summed E-state index contributed by atoms with van der Waals surface area (Å²) in [6.45, 7) is 12.8. The van der Waals surface area contributed by atoms with Crippen molar-refractivity contribution in [1.82, 2.24) is 0 Å². The molecule has 2 N–H and O–H groups in total. The molecule has 0 radical (unpaired) electrons. The van der Waals surface area contributed by atoms with E-state index in [1.54, 1.807) is 13.8 Å². The molecule has 0 aliphatic heterocycles. The van der Waals surface area contributed by atoms with Gasteiger partial charge in [-0.2, -0.15) is 0 Å². The molecule has 0 aliphatic carbocycles. The van der Waals surface area contributed by atoms with Gasteiger partial charge in [0.25, 0.3) is 0 Å². The highest BCUT2D eigenvalue weighted by atomic mass is 16.8. The van der Waals surface area contributed by atoms with Crippen LogP contribution in [0.1, 0.15) is 47.0 Å². The molecular weight excluding hydrogens is 276 g/mol. The molecule has 0 fully saturated rings. The van der Waals surface area contributed by atoms with Crippen LogP contribution in [0.4, 0.5) is 0 Å². The van der Waals surface area contributed by atoms with E-state index in [0.717, 1.165) is 0 Å². The minimum atomic E-state index is -2.41. The first-order valence-corrected chi connectivity index (χ1v) is 6.59. The maximum absolute atomic E-state index is 11.5. The normalized spacial score (nSPS) is 11.7. The van der Waals surface area contributed by atoms with E-state index in [2.05, 4.69) is 13.2 Å². The van der Waals surface area contributed by atoms with Gasteiger partial charge in [-0.25, -0.2) is 9.59 Å². The smallest absolute Gasteiger partial charge is 0.373 e. The fraction of sp³-hybridized carbons (Fsp3) is 0.600. The van der Waals surface area contributed by atoms with Crippen LogP contribution < -0.4 is 0 Å². The topological polar surface area (TPSA) is 93.1 Å². The van der Waals surface area contributed by atoms with Crippen molar-refractivity contribution >= 4 is 11.9 Å². The highest BCUT2D eigenvalue weighted by Crippen LogP contribution is 2.23. The minimum absolute atomic E-state index is 0.0577. The molecule has 0 aromatic rings. The number of aliphatic hydroxyl groups is 2. The molecule has 0 saturated heterocycles. The first-order valence-electron chi connectivity index (χ1n) is 6.59. The molecule has 0 heterocycles. The van der Waals surface area contributed by atoms with Crippen LogP contribution in [-0.2, 0) is 19.1 Å². The van der Waals surface area contributed by atoms with E-state index < -0.39 is 23.5 Å². The number of ether oxygens (including phenoxy) is 2. The molecule has 6 heteroatoms. The monoisotopic (exact) mass is 300 g/mol. The van der Waals surface area contributed by atoms with Crippen LogP contribution in [0, 0.1) is 0 Å². The van der Waals surface area contributed by atoms with E-state index in [1.807, 2.05) is 0 Å². The number of esters is 2. The quantitative estimate of drug-likeness (QED) is 0.403. The highest BCUT2D eigenvalue weighted by molar-refractivity contribution is 5.88. The lowest BCUT2D eigenvalue weighted by Crippen LogP contribution is -2.40. The average Bonchev–Trinajstić information content (AvgIpc) is 2.26. The standard InChI is InChI=1S/C15H24O6/c1-10(2)12(16)20-15(19,21-13(17)11(3)4)9-7-8-14(5,6)18/h18-19H,1,3,7-9H2,2,4-6H3. The molecule has 0 aromatic carbocycles. The van der Waals surface area contributed by atoms with Crippen LogP contribution in [-0.4, -0.2) is 33.7 Å². The van der Waals surface area contributed by atoms with Crippen molar-refractivity contribution in [3.63, 3.8) is 0 Å². The molecule has 21 heavy (non-hydrogen) atoms. The van der Waals surface area contributed by atoms with E-state index >= 15 is 0 Å². The molecular formula is C15H24O6. The molecule has 0 amide bonds. The number of carbonyl (C=O) groups excluding carboxylic acids is 2. The van der Waals surface area contributed by atoms with Crippen molar-refractivity contribution in [2.24, 2.45) is 0 Å². The summed E-state index contributed by atoms with van der Waals surface area (Å²) < 4.78 is 9.57. The first kappa shape index (κ1) is 19.3. The zero-order chi connectivity index (χ0) is 16.8. The Balaban J connectivity index is 4.90. The van der Waals surface area contributed by atoms with Crippen LogP contribution in [0.3, 0.4) is 0 Å². The summed E-state index contributed by atoms with van der Waals surface area (Å²) >= 11 is 0. The Morgan fingerprint density at radius 2 is 1.33 bits per heavy atom. The third kappa shape index (κ3) is 8.27. The van der Waals surface area contributed by atoms with E-state index in [0.29, 0.717) is 6.42 Å². The van der Waals surface area contributed by atoms with Crippen molar-refractivity contribution in [1.29, 1.82) is 0 Å². The molecule has 0 atom stereocenters. The predicted molar refractivity (Wildman–Crippen MR) is 76.9 cm³/mol. The molecule has 0 saturated carbocycles. The van der Waals surface area contributed by atoms with Crippen molar-refractivity contribution in [3.05, 3.63) is 24.3 Å². The number of hydrogen-bond donors (Lipinski definition) is 2. The van der Waals surface area contributed by atoms with Crippen LogP contribution in [0.2, 0.25) is 0 Å². The van der Waals surface area contributed by atoms with Crippen molar-refractivity contribution < 1.29 is 29.3 Å². The number of carbonyl (C=O) groups is 2. The van der Waals surface area contributed by atoms with Gasteiger partial charge in [-0.3, -0.25) is 0 Å². The first-order chi connectivity index (χ1) is 9.36. The lowest BCUT2D eigenvalue weighted by atomic mass is 10.0. The third-order valence-corrected chi connectivity index (χ3v) is 2.48. The molecule has 6 nitrogen and oxygen atoms in total. The summed E-state index contributed by atoms with van der Waals surface area (Å²) in [6.07, 6.45) is 0.423. The van der Waals surface area contributed by atoms with Gasteiger partial charge in [0.15, 0.2) is 0 Å². The summed E-state index contributed by atoms with van der Waals surface area (Å²) in [7, 11) is 0. The van der Waals surface area contributed by atoms with E-state index in [9.17, 15) is 19.8 Å². The van der Waals surface area contributed by atoms with Crippen LogP contribution in [0.25, 0.3) is 0 Å². The third-order valence-electron chi connectivity index (χ3n) is 2.48. The van der Waals surface area contributed by atoms with Gasteiger partial charge < -0.3 is 19.7 Å². The Morgan fingerprint density at radius 1 is 0.952 bits per heavy atom. The lowest BCUT2D eigenvalue weighted by Gasteiger charge is -2.28.